The highest BCUT2D eigenvalue weighted by Crippen LogP contribution is 2.28. The van der Waals surface area contributed by atoms with E-state index in [-0.39, 0.29) is 0 Å². The van der Waals surface area contributed by atoms with E-state index in [1.54, 1.807) is 6.26 Å². The van der Waals surface area contributed by atoms with E-state index < -0.39 is 0 Å². The summed E-state index contributed by atoms with van der Waals surface area (Å²) in [4.78, 5) is 2.60. The number of ether oxygens (including phenoxy) is 1. The van der Waals surface area contributed by atoms with E-state index in [9.17, 15) is 0 Å². The van der Waals surface area contributed by atoms with Crippen molar-refractivity contribution in [1.29, 1.82) is 0 Å². The average molecular weight is 265 g/mol. The van der Waals surface area contributed by atoms with Crippen molar-refractivity contribution in [2.45, 2.75) is 50.4 Å². The number of hydrogen-bond acceptors (Lipinski definition) is 5. The maximum atomic E-state index is 5.47. The van der Waals surface area contributed by atoms with Crippen molar-refractivity contribution in [1.82, 2.24) is 15.4 Å². The molecule has 3 rings (SSSR count). The molecule has 1 N–H and O–H groups in total. The van der Waals surface area contributed by atoms with Crippen LogP contribution in [0.5, 0.6) is 0 Å². The summed E-state index contributed by atoms with van der Waals surface area (Å²) in [6, 6.07) is 3.16. The molecule has 5 heteroatoms. The Hall–Kier alpha value is -0.910. The van der Waals surface area contributed by atoms with Crippen LogP contribution in [0, 0.1) is 0 Å². The lowest BCUT2D eigenvalue weighted by Gasteiger charge is -2.29. The van der Waals surface area contributed by atoms with Crippen LogP contribution in [0.15, 0.2) is 16.9 Å². The summed E-state index contributed by atoms with van der Waals surface area (Å²) < 4.78 is 10.3. The van der Waals surface area contributed by atoms with Gasteiger partial charge in [0.1, 0.15) is 6.26 Å². The number of rotatable bonds is 5. The van der Waals surface area contributed by atoms with Gasteiger partial charge in [0.15, 0.2) is 0 Å². The third kappa shape index (κ3) is 2.99. The smallest absolute Gasteiger partial charge is 0.124 e. The van der Waals surface area contributed by atoms with Crippen molar-refractivity contribution in [3.8, 4) is 0 Å². The molecule has 0 aromatic carbocycles. The van der Waals surface area contributed by atoms with Crippen LogP contribution in [-0.4, -0.2) is 48.4 Å². The Labute approximate surface area is 114 Å². The van der Waals surface area contributed by atoms with Gasteiger partial charge in [0.05, 0.1) is 11.8 Å². The monoisotopic (exact) mass is 265 g/mol. The molecule has 2 fully saturated rings. The minimum Gasteiger partial charge on any atom is -0.380 e. The second-order valence-corrected chi connectivity index (χ2v) is 5.62. The van der Waals surface area contributed by atoms with Crippen LogP contribution in [0.3, 0.4) is 0 Å². The van der Waals surface area contributed by atoms with Gasteiger partial charge < -0.3 is 14.6 Å². The van der Waals surface area contributed by atoms with Gasteiger partial charge >= 0.3 is 0 Å². The molecule has 2 heterocycles. The SMILES string of the molecule is COC1CCN([C@H]2CCC[C@H]2NCc2ccon2)C1. The Morgan fingerprint density at radius 1 is 1.47 bits per heavy atom. The molecule has 0 spiro atoms. The molecule has 106 valence electrons. The van der Waals surface area contributed by atoms with Gasteiger partial charge in [0.25, 0.3) is 0 Å². The van der Waals surface area contributed by atoms with E-state index in [1.807, 2.05) is 13.2 Å². The van der Waals surface area contributed by atoms with Crippen LogP contribution in [0.4, 0.5) is 0 Å². The summed E-state index contributed by atoms with van der Waals surface area (Å²) in [6.07, 6.45) is 7.10. The Morgan fingerprint density at radius 2 is 2.42 bits per heavy atom. The maximum Gasteiger partial charge on any atom is 0.124 e. The van der Waals surface area contributed by atoms with Crippen molar-refractivity contribution < 1.29 is 9.26 Å². The molecule has 2 aliphatic rings. The lowest BCUT2D eigenvalue weighted by Crippen LogP contribution is -2.46. The molecule has 3 atom stereocenters. The zero-order valence-corrected chi connectivity index (χ0v) is 11.5. The lowest BCUT2D eigenvalue weighted by molar-refractivity contribution is 0.0979. The fraction of sp³-hybridized carbons (Fsp3) is 0.786. The minimum absolute atomic E-state index is 0.428. The fourth-order valence-electron chi connectivity index (χ4n) is 3.43. The van der Waals surface area contributed by atoms with Crippen LogP contribution in [0.1, 0.15) is 31.4 Å². The first-order chi connectivity index (χ1) is 9.36. The van der Waals surface area contributed by atoms with E-state index in [2.05, 4.69) is 15.4 Å². The molecule has 0 bridgehead atoms. The second-order valence-electron chi connectivity index (χ2n) is 5.62. The van der Waals surface area contributed by atoms with Crippen molar-refractivity contribution >= 4 is 0 Å². The van der Waals surface area contributed by atoms with Gasteiger partial charge in [-0.15, -0.1) is 0 Å². The normalized spacial score (nSPS) is 32.2. The minimum atomic E-state index is 0.428. The van der Waals surface area contributed by atoms with Gasteiger partial charge in [0.2, 0.25) is 0 Å². The molecule has 0 amide bonds. The molecule has 1 aliphatic heterocycles. The predicted molar refractivity (Wildman–Crippen MR) is 71.8 cm³/mol. The number of likely N-dealkylation sites (tertiary alicyclic amines) is 1. The van der Waals surface area contributed by atoms with Crippen LogP contribution in [0.2, 0.25) is 0 Å². The first-order valence-electron chi connectivity index (χ1n) is 7.26. The highest BCUT2D eigenvalue weighted by atomic mass is 16.5. The predicted octanol–water partition coefficient (Wildman–Crippen LogP) is 1.41. The van der Waals surface area contributed by atoms with Gasteiger partial charge in [-0.2, -0.15) is 0 Å². The van der Waals surface area contributed by atoms with Crippen molar-refractivity contribution in [3.63, 3.8) is 0 Å². The van der Waals surface area contributed by atoms with Crippen molar-refractivity contribution in [3.05, 3.63) is 18.0 Å². The maximum absolute atomic E-state index is 5.47. The van der Waals surface area contributed by atoms with Gasteiger partial charge in [-0.25, -0.2) is 0 Å². The molecule has 1 saturated heterocycles. The summed E-state index contributed by atoms with van der Waals surface area (Å²) in [5.74, 6) is 0. The molecule has 0 radical (unpaired) electrons. The van der Waals surface area contributed by atoms with Crippen LogP contribution in [-0.2, 0) is 11.3 Å². The molecular formula is C14H23N3O2. The Balaban J connectivity index is 1.53. The number of hydrogen-bond donors (Lipinski definition) is 1. The molecule has 5 nitrogen and oxygen atoms in total. The van der Waals surface area contributed by atoms with E-state index >= 15 is 0 Å². The molecule has 1 aromatic heterocycles. The summed E-state index contributed by atoms with van der Waals surface area (Å²) >= 11 is 0. The van der Waals surface area contributed by atoms with Gasteiger partial charge in [-0.1, -0.05) is 11.6 Å². The second kappa shape index (κ2) is 6.03. The summed E-state index contributed by atoms with van der Waals surface area (Å²) in [7, 11) is 1.82. The molecule has 1 saturated carbocycles. The quantitative estimate of drug-likeness (QED) is 0.872. The summed E-state index contributed by atoms with van der Waals surface area (Å²) in [5.41, 5.74) is 0.988. The van der Waals surface area contributed by atoms with E-state index in [1.165, 1.54) is 32.2 Å². The van der Waals surface area contributed by atoms with E-state index in [4.69, 9.17) is 9.26 Å². The first-order valence-corrected chi connectivity index (χ1v) is 7.26. The Kier molecular flexibility index (Phi) is 4.15. The van der Waals surface area contributed by atoms with Crippen molar-refractivity contribution in [2.24, 2.45) is 0 Å². The number of methoxy groups -OCH3 is 1. The zero-order chi connectivity index (χ0) is 13.1. The molecular weight excluding hydrogens is 242 g/mol. The highest BCUT2D eigenvalue weighted by Gasteiger charge is 2.35. The standard InChI is InChI=1S/C14H23N3O2/c1-18-12-5-7-17(10-12)14-4-2-3-13(14)15-9-11-6-8-19-16-11/h6,8,12-15H,2-5,7,9-10H2,1H3/t12?,13-,14+/m1/s1. The van der Waals surface area contributed by atoms with Crippen LogP contribution in [0.25, 0.3) is 0 Å². The Morgan fingerprint density at radius 3 is 3.16 bits per heavy atom. The average Bonchev–Trinajstić information content (AvgIpc) is 3.16. The topological polar surface area (TPSA) is 50.5 Å². The van der Waals surface area contributed by atoms with Crippen LogP contribution < -0.4 is 5.32 Å². The third-order valence-corrected chi connectivity index (χ3v) is 4.49. The fourth-order valence-corrected chi connectivity index (χ4v) is 3.43. The number of aromatic nitrogens is 1. The van der Waals surface area contributed by atoms with E-state index in [0.717, 1.165) is 18.8 Å². The highest BCUT2D eigenvalue weighted by molar-refractivity contribution is 4.98. The van der Waals surface area contributed by atoms with E-state index in [0.29, 0.717) is 18.2 Å². The van der Waals surface area contributed by atoms with Crippen LogP contribution >= 0.6 is 0 Å². The third-order valence-electron chi connectivity index (χ3n) is 4.49. The first kappa shape index (κ1) is 13.1. The van der Waals surface area contributed by atoms with Gasteiger partial charge in [-0.05, 0) is 19.3 Å². The summed E-state index contributed by atoms with van der Waals surface area (Å²) in [6.45, 7) is 3.06. The Bertz CT molecular complexity index is 382. The van der Waals surface area contributed by atoms with Gasteiger partial charge in [-0.3, -0.25) is 4.90 Å². The number of nitrogens with one attached hydrogen (secondary N) is 1. The summed E-state index contributed by atoms with van der Waals surface area (Å²) in [5, 5.41) is 7.59. The zero-order valence-electron chi connectivity index (χ0n) is 11.5. The largest absolute Gasteiger partial charge is 0.380 e. The molecule has 1 aromatic rings. The lowest BCUT2D eigenvalue weighted by atomic mass is 10.1. The molecule has 1 aliphatic carbocycles. The molecule has 1 unspecified atom stereocenters. The number of nitrogens with zero attached hydrogens (tertiary/aromatic N) is 2. The van der Waals surface area contributed by atoms with Crippen molar-refractivity contribution in [2.75, 3.05) is 20.2 Å². The molecule has 19 heavy (non-hydrogen) atoms. The van der Waals surface area contributed by atoms with Gasteiger partial charge in [0, 0.05) is 44.9 Å².